The van der Waals surface area contributed by atoms with Crippen LogP contribution in [0, 0.1) is 0 Å². The molecule has 0 fully saturated rings. The van der Waals surface area contributed by atoms with Crippen LogP contribution in [0.2, 0.25) is 5.02 Å². The van der Waals surface area contributed by atoms with Crippen molar-refractivity contribution in [2.75, 3.05) is 0 Å². The Kier molecular flexibility index (Phi) is 3.87. The van der Waals surface area contributed by atoms with E-state index in [1.807, 2.05) is 30.5 Å². The van der Waals surface area contributed by atoms with E-state index in [0.29, 0.717) is 0 Å². The zero-order valence-electron chi connectivity index (χ0n) is 12.3. The standard InChI is InChI=1S/C17H19ClN2O/c1-17(2)9-15(20-11-12-4-3-7-19-10-12)14-8-13(18)5-6-16(14)21-17/h3-8,10,15,20H,9,11H2,1-2H3. The molecule has 1 aromatic carbocycles. The van der Waals surface area contributed by atoms with Crippen LogP contribution in [0.25, 0.3) is 0 Å². The van der Waals surface area contributed by atoms with Gasteiger partial charge in [0.05, 0.1) is 0 Å². The highest BCUT2D eigenvalue weighted by molar-refractivity contribution is 6.30. The first-order valence-corrected chi connectivity index (χ1v) is 7.52. The molecule has 2 heterocycles. The average molecular weight is 303 g/mol. The largest absolute Gasteiger partial charge is 0.487 e. The lowest BCUT2D eigenvalue weighted by Crippen LogP contribution is -2.39. The molecule has 0 bridgehead atoms. The molecule has 2 aromatic rings. The molecule has 21 heavy (non-hydrogen) atoms. The zero-order valence-corrected chi connectivity index (χ0v) is 13.0. The van der Waals surface area contributed by atoms with Crippen molar-refractivity contribution in [3.63, 3.8) is 0 Å². The summed E-state index contributed by atoms with van der Waals surface area (Å²) in [5.74, 6) is 0.916. The van der Waals surface area contributed by atoms with Crippen molar-refractivity contribution in [3.8, 4) is 5.75 Å². The van der Waals surface area contributed by atoms with Crippen LogP contribution in [0.15, 0.2) is 42.7 Å². The number of aromatic nitrogens is 1. The summed E-state index contributed by atoms with van der Waals surface area (Å²) >= 11 is 6.14. The number of pyridine rings is 1. The van der Waals surface area contributed by atoms with Gasteiger partial charge in [0.25, 0.3) is 0 Å². The molecule has 0 spiro atoms. The van der Waals surface area contributed by atoms with Crippen LogP contribution < -0.4 is 10.1 Å². The van der Waals surface area contributed by atoms with E-state index in [9.17, 15) is 0 Å². The Morgan fingerprint density at radius 2 is 2.24 bits per heavy atom. The molecule has 1 atom stereocenters. The van der Waals surface area contributed by atoms with Gasteiger partial charge in [0.1, 0.15) is 11.4 Å². The average Bonchev–Trinajstić information content (AvgIpc) is 2.46. The third-order valence-corrected chi connectivity index (χ3v) is 3.94. The molecule has 0 radical (unpaired) electrons. The van der Waals surface area contributed by atoms with Crippen molar-refractivity contribution < 1.29 is 4.74 Å². The third kappa shape index (κ3) is 3.36. The quantitative estimate of drug-likeness (QED) is 0.926. The number of hydrogen-bond acceptors (Lipinski definition) is 3. The minimum atomic E-state index is -0.187. The van der Waals surface area contributed by atoms with Crippen molar-refractivity contribution >= 4 is 11.6 Å². The van der Waals surface area contributed by atoms with E-state index in [-0.39, 0.29) is 11.6 Å². The lowest BCUT2D eigenvalue weighted by atomic mass is 9.89. The number of halogens is 1. The molecule has 1 aliphatic heterocycles. The second-order valence-corrected chi connectivity index (χ2v) is 6.48. The molecule has 0 saturated heterocycles. The van der Waals surface area contributed by atoms with Crippen LogP contribution in [0.1, 0.15) is 37.4 Å². The molecule has 1 aromatic heterocycles. The van der Waals surface area contributed by atoms with Crippen molar-refractivity contribution in [2.24, 2.45) is 0 Å². The lowest BCUT2D eigenvalue weighted by molar-refractivity contribution is 0.0657. The van der Waals surface area contributed by atoms with Crippen LogP contribution >= 0.6 is 11.6 Å². The predicted molar refractivity (Wildman–Crippen MR) is 84.6 cm³/mol. The van der Waals surface area contributed by atoms with Gasteiger partial charge in [0.2, 0.25) is 0 Å². The van der Waals surface area contributed by atoms with Crippen molar-refractivity contribution in [1.29, 1.82) is 0 Å². The van der Waals surface area contributed by atoms with Gasteiger partial charge in [-0.2, -0.15) is 0 Å². The van der Waals surface area contributed by atoms with Crippen LogP contribution in [-0.4, -0.2) is 10.6 Å². The van der Waals surface area contributed by atoms with Crippen molar-refractivity contribution in [1.82, 2.24) is 10.3 Å². The Morgan fingerprint density at radius 3 is 3.00 bits per heavy atom. The molecule has 1 N–H and O–H groups in total. The van der Waals surface area contributed by atoms with Gasteiger partial charge in [-0.25, -0.2) is 0 Å². The Hall–Kier alpha value is -1.58. The Bertz CT molecular complexity index is 628. The summed E-state index contributed by atoms with van der Waals surface area (Å²) in [4.78, 5) is 4.15. The molecule has 1 aliphatic rings. The monoisotopic (exact) mass is 302 g/mol. The highest BCUT2D eigenvalue weighted by Gasteiger charge is 2.33. The Morgan fingerprint density at radius 1 is 1.38 bits per heavy atom. The van der Waals surface area contributed by atoms with Gasteiger partial charge in [-0.15, -0.1) is 0 Å². The smallest absolute Gasteiger partial charge is 0.124 e. The van der Waals surface area contributed by atoms with Crippen LogP contribution in [0.5, 0.6) is 5.75 Å². The molecule has 3 nitrogen and oxygen atoms in total. The van der Waals surface area contributed by atoms with E-state index in [1.165, 1.54) is 5.56 Å². The fourth-order valence-electron chi connectivity index (χ4n) is 2.75. The van der Waals surface area contributed by atoms with Gasteiger partial charge in [-0.05, 0) is 43.7 Å². The number of hydrogen-bond donors (Lipinski definition) is 1. The first-order valence-electron chi connectivity index (χ1n) is 7.14. The summed E-state index contributed by atoms with van der Waals surface area (Å²) in [6.45, 7) is 5.01. The first-order chi connectivity index (χ1) is 10.0. The second-order valence-electron chi connectivity index (χ2n) is 6.04. The molecular formula is C17H19ClN2O. The predicted octanol–water partition coefficient (Wildman–Crippen LogP) is 4.13. The SMILES string of the molecule is CC1(C)CC(NCc2cccnc2)c2cc(Cl)ccc2O1. The molecule has 4 heteroatoms. The number of benzene rings is 1. The maximum atomic E-state index is 6.14. The minimum Gasteiger partial charge on any atom is -0.487 e. The molecule has 0 amide bonds. The van der Waals surface area contributed by atoms with E-state index < -0.39 is 0 Å². The van der Waals surface area contributed by atoms with Crippen LogP contribution in [-0.2, 0) is 6.54 Å². The Balaban J connectivity index is 1.82. The van der Waals surface area contributed by atoms with Crippen molar-refractivity contribution in [2.45, 2.75) is 38.5 Å². The summed E-state index contributed by atoms with van der Waals surface area (Å²) in [6.07, 6.45) is 4.58. The number of ether oxygens (including phenoxy) is 1. The van der Waals surface area contributed by atoms with Gasteiger partial charge < -0.3 is 10.1 Å². The summed E-state index contributed by atoms with van der Waals surface area (Å²) in [7, 11) is 0. The van der Waals surface area contributed by atoms with Gasteiger partial charge >= 0.3 is 0 Å². The molecule has 0 aliphatic carbocycles. The van der Waals surface area contributed by atoms with E-state index in [0.717, 1.165) is 29.3 Å². The van der Waals surface area contributed by atoms with Crippen LogP contribution in [0.4, 0.5) is 0 Å². The highest BCUT2D eigenvalue weighted by atomic mass is 35.5. The van der Waals surface area contributed by atoms with E-state index >= 15 is 0 Å². The lowest BCUT2D eigenvalue weighted by Gasteiger charge is -2.38. The highest BCUT2D eigenvalue weighted by Crippen LogP contribution is 2.40. The van der Waals surface area contributed by atoms with E-state index in [2.05, 4.69) is 30.2 Å². The van der Waals surface area contributed by atoms with Gasteiger partial charge in [-0.3, -0.25) is 4.98 Å². The van der Waals surface area contributed by atoms with Gasteiger partial charge in [0.15, 0.2) is 0 Å². The minimum absolute atomic E-state index is 0.187. The zero-order chi connectivity index (χ0) is 14.9. The van der Waals surface area contributed by atoms with Crippen LogP contribution in [0.3, 0.4) is 0 Å². The fraction of sp³-hybridized carbons (Fsp3) is 0.353. The van der Waals surface area contributed by atoms with E-state index in [1.54, 1.807) is 6.20 Å². The van der Waals surface area contributed by atoms with E-state index in [4.69, 9.17) is 16.3 Å². The first kappa shape index (κ1) is 14.4. The third-order valence-electron chi connectivity index (χ3n) is 3.70. The summed E-state index contributed by atoms with van der Waals surface area (Å²) in [6, 6.07) is 10.1. The second kappa shape index (κ2) is 5.66. The van der Waals surface area contributed by atoms with Gasteiger partial charge in [0, 0.05) is 42.0 Å². The number of nitrogens with zero attached hydrogens (tertiary/aromatic N) is 1. The molecule has 1 unspecified atom stereocenters. The van der Waals surface area contributed by atoms with Crippen molar-refractivity contribution in [3.05, 3.63) is 58.9 Å². The summed E-state index contributed by atoms with van der Waals surface area (Å²) in [5, 5.41) is 4.34. The molecule has 110 valence electrons. The fourth-order valence-corrected chi connectivity index (χ4v) is 2.93. The summed E-state index contributed by atoms with van der Waals surface area (Å²) in [5.41, 5.74) is 2.11. The summed E-state index contributed by atoms with van der Waals surface area (Å²) < 4.78 is 6.05. The number of nitrogens with one attached hydrogen (secondary N) is 1. The molecular weight excluding hydrogens is 284 g/mol. The van der Waals surface area contributed by atoms with Gasteiger partial charge in [-0.1, -0.05) is 17.7 Å². The maximum absolute atomic E-state index is 6.14. The molecule has 0 saturated carbocycles. The number of rotatable bonds is 3. The maximum Gasteiger partial charge on any atom is 0.124 e. The normalized spacial score (nSPS) is 19.7. The molecule has 3 rings (SSSR count). The topological polar surface area (TPSA) is 34.2 Å². The number of fused-ring (bicyclic) bond motifs is 1. The Labute approximate surface area is 130 Å².